The quantitative estimate of drug-likeness (QED) is 0.183. The number of aryl methyl sites for hydroxylation is 1. The third-order valence-corrected chi connectivity index (χ3v) is 7.69. The Morgan fingerprint density at radius 1 is 1.07 bits per heavy atom. The summed E-state index contributed by atoms with van der Waals surface area (Å²) in [7, 11) is 0. The number of carboxylic acid groups (broad SMARTS) is 1. The highest BCUT2D eigenvalue weighted by molar-refractivity contribution is 7.17. The maximum atomic E-state index is 13.0. The molecule has 5 aromatic rings. The number of aromatic nitrogens is 1. The maximum absolute atomic E-state index is 13.0. The fourth-order valence-electron chi connectivity index (χ4n) is 4.77. The highest BCUT2D eigenvalue weighted by atomic mass is 32.1. The Morgan fingerprint density at radius 3 is 2.61 bits per heavy atom. The molecule has 7 nitrogen and oxygen atoms in total. The molecule has 0 saturated heterocycles. The summed E-state index contributed by atoms with van der Waals surface area (Å²) >= 11 is 1.39. The monoisotopic (exact) mass is 581 g/mol. The van der Waals surface area contributed by atoms with Crippen molar-refractivity contribution in [2.24, 2.45) is 0 Å². The molecule has 41 heavy (non-hydrogen) atoms. The first-order valence-electron chi connectivity index (χ1n) is 12.7. The molecule has 0 bridgehead atoms. The Bertz CT molecular complexity index is 1760. The molecule has 1 fully saturated rings. The molecule has 1 aliphatic rings. The van der Waals surface area contributed by atoms with Crippen molar-refractivity contribution in [3.63, 3.8) is 0 Å². The van der Waals surface area contributed by atoms with Crippen molar-refractivity contribution < 1.29 is 41.8 Å². The average molecular weight is 582 g/mol. The van der Waals surface area contributed by atoms with E-state index in [1.165, 1.54) is 29.5 Å². The smallest absolute Gasteiger partial charge is 0.489 e. The van der Waals surface area contributed by atoms with E-state index in [2.05, 4.69) is 9.89 Å². The van der Waals surface area contributed by atoms with Crippen molar-refractivity contribution >= 4 is 27.6 Å². The lowest BCUT2D eigenvalue weighted by molar-refractivity contribution is -0.274. The van der Waals surface area contributed by atoms with Gasteiger partial charge in [-0.3, -0.25) is 0 Å². The lowest BCUT2D eigenvalue weighted by Gasteiger charge is -2.14. The molecule has 210 valence electrons. The lowest BCUT2D eigenvalue weighted by Crippen LogP contribution is -2.17. The van der Waals surface area contributed by atoms with Crippen LogP contribution in [0.3, 0.4) is 0 Å². The molecule has 1 N–H and O–H groups in total. The number of nitrogens with zero attached hydrogens (tertiary/aromatic N) is 1. The molecule has 2 heterocycles. The van der Waals surface area contributed by atoms with Crippen LogP contribution in [-0.4, -0.2) is 22.8 Å². The van der Waals surface area contributed by atoms with Crippen LogP contribution in [0, 0.1) is 6.92 Å². The number of alkyl halides is 3. The lowest BCUT2D eigenvalue weighted by atomic mass is 9.99. The van der Waals surface area contributed by atoms with E-state index in [9.17, 15) is 18.0 Å². The Kier molecular flexibility index (Phi) is 6.82. The second-order valence-corrected chi connectivity index (χ2v) is 10.5. The Labute approximate surface area is 235 Å². The van der Waals surface area contributed by atoms with Gasteiger partial charge in [0.2, 0.25) is 0 Å². The molecule has 11 heteroatoms. The number of hydrogen-bond donors (Lipinski definition) is 1. The normalized spacial score (nSPS) is 13.4. The summed E-state index contributed by atoms with van der Waals surface area (Å²) < 4.78 is 60.9. The molecule has 2 aromatic heterocycles. The zero-order valence-electron chi connectivity index (χ0n) is 21.5. The summed E-state index contributed by atoms with van der Waals surface area (Å²) in [6.45, 7) is 2.00. The number of carbonyl (C=O) groups is 1. The topological polar surface area (TPSA) is 91.0 Å². The van der Waals surface area contributed by atoms with E-state index < -0.39 is 12.5 Å². The van der Waals surface area contributed by atoms with Crippen LogP contribution in [0.25, 0.3) is 32.5 Å². The van der Waals surface area contributed by atoms with Crippen LogP contribution in [-0.2, 0) is 6.61 Å². The zero-order valence-corrected chi connectivity index (χ0v) is 22.3. The van der Waals surface area contributed by atoms with Crippen molar-refractivity contribution in [1.29, 1.82) is 0 Å². The van der Waals surface area contributed by atoms with E-state index in [4.69, 9.17) is 19.1 Å². The minimum Gasteiger partial charge on any atom is -0.489 e. The molecule has 0 aliphatic heterocycles. The van der Waals surface area contributed by atoms with Crippen molar-refractivity contribution in [2.45, 2.75) is 38.7 Å². The summed E-state index contributed by atoms with van der Waals surface area (Å²) in [5.41, 5.74) is 3.88. The van der Waals surface area contributed by atoms with Gasteiger partial charge in [0.05, 0.1) is 5.56 Å². The number of rotatable bonds is 8. The number of fused-ring (bicyclic) bond motifs is 1. The van der Waals surface area contributed by atoms with E-state index >= 15 is 0 Å². The summed E-state index contributed by atoms with van der Waals surface area (Å²) in [5.74, 6) is 1.29. The molecule has 0 amide bonds. The van der Waals surface area contributed by atoms with Crippen LogP contribution in [0.5, 0.6) is 17.2 Å². The summed E-state index contributed by atoms with van der Waals surface area (Å²) in [4.78, 5) is 10.9. The number of para-hydroxylation sites is 1. The molecule has 0 radical (unpaired) electrons. The average Bonchev–Trinajstić information content (AvgIpc) is 3.56. The highest BCUT2D eigenvalue weighted by Gasteiger charge is 2.35. The zero-order chi connectivity index (χ0) is 28.7. The van der Waals surface area contributed by atoms with Gasteiger partial charge in [-0.15, -0.1) is 24.5 Å². The predicted octanol–water partition coefficient (Wildman–Crippen LogP) is 8.94. The first-order valence-corrected chi connectivity index (χ1v) is 13.5. The van der Waals surface area contributed by atoms with Crippen molar-refractivity contribution in [2.75, 3.05) is 0 Å². The van der Waals surface area contributed by atoms with E-state index in [0.29, 0.717) is 22.8 Å². The van der Waals surface area contributed by atoms with Gasteiger partial charge in [0.25, 0.3) is 0 Å². The number of benzene rings is 3. The fourth-order valence-corrected chi connectivity index (χ4v) is 5.66. The molecule has 0 atom stereocenters. The van der Waals surface area contributed by atoms with Gasteiger partial charge in [-0.05, 0) is 72.9 Å². The molecule has 0 spiro atoms. The maximum Gasteiger partial charge on any atom is 0.573 e. The Balaban J connectivity index is 1.25. The number of hydrogen-bond acceptors (Lipinski definition) is 7. The van der Waals surface area contributed by atoms with Gasteiger partial charge < -0.3 is 23.8 Å². The second kappa shape index (κ2) is 10.5. The SMILES string of the molecule is Cc1cc(OCc2c(-c3ccccc3OC(F)(F)F)noc2C2CC2)ccc1-c1ccc2c(OC(=O)O)csc2c1. The second-order valence-electron chi connectivity index (χ2n) is 9.64. The molecular weight excluding hydrogens is 559 g/mol. The van der Waals surface area contributed by atoms with Gasteiger partial charge >= 0.3 is 12.5 Å². The van der Waals surface area contributed by atoms with Gasteiger partial charge in [0, 0.05) is 26.9 Å². The van der Waals surface area contributed by atoms with Crippen LogP contribution in [0.15, 0.2) is 70.6 Å². The molecule has 1 aliphatic carbocycles. The standard InChI is InChI=1S/C30H22F3NO6S/c1-16-12-19(9-11-20(16)18-8-10-21-25(38-29(35)36)15-41-26(21)13-18)37-14-23-27(34-40-28(23)17-6-7-17)22-4-2-3-5-24(22)39-30(31,32)33/h2-5,8-13,15,17H,6-7,14H2,1H3,(H,35,36). The molecule has 6 rings (SSSR count). The van der Waals surface area contributed by atoms with Crippen LogP contribution in [0.1, 0.15) is 35.6 Å². The van der Waals surface area contributed by atoms with Gasteiger partial charge in [-0.1, -0.05) is 29.4 Å². The minimum atomic E-state index is -4.85. The van der Waals surface area contributed by atoms with E-state index in [0.717, 1.165) is 39.6 Å². The van der Waals surface area contributed by atoms with E-state index in [-0.39, 0.29) is 29.5 Å². The molecular formula is C30H22F3NO6S. The summed E-state index contributed by atoms with van der Waals surface area (Å²) in [6, 6.07) is 17.2. The van der Waals surface area contributed by atoms with Crippen LogP contribution in [0.2, 0.25) is 0 Å². The van der Waals surface area contributed by atoms with Crippen molar-refractivity contribution in [1.82, 2.24) is 5.16 Å². The van der Waals surface area contributed by atoms with Gasteiger partial charge in [0.1, 0.15) is 29.6 Å². The molecule has 0 unspecified atom stereocenters. The van der Waals surface area contributed by atoms with Gasteiger partial charge in [-0.2, -0.15) is 0 Å². The van der Waals surface area contributed by atoms with Crippen LogP contribution >= 0.6 is 11.3 Å². The third-order valence-electron chi connectivity index (χ3n) is 6.76. The minimum absolute atomic E-state index is 0.0529. The van der Waals surface area contributed by atoms with Crippen LogP contribution in [0.4, 0.5) is 18.0 Å². The summed E-state index contributed by atoms with van der Waals surface area (Å²) in [5, 5.41) is 15.4. The first-order chi connectivity index (χ1) is 19.7. The Morgan fingerprint density at radius 2 is 1.88 bits per heavy atom. The summed E-state index contributed by atoms with van der Waals surface area (Å²) in [6.07, 6.45) is -4.39. The van der Waals surface area contributed by atoms with E-state index in [1.807, 2.05) is 43.3 Å². The molecule has 3 aromatic carbocycles. The van der Waals surface area contributed by atoms with Crippen molar-refractivity contribution in [3.8, 4) is 39.6 Å². The Hall–Kier alpha value is -4.51. The first kappa shape index (κ1) is 26.7. The highest BCUT2D eigenvalue weighted by Crippen LogP contribution is 2.46. The third kappa shape index (κ3) is 5.71. The fraction of sp³-hybridized carbons (Fsp3) is 0.200. The van der Waals surface area contributed by atoms with E-state index in [1.54, 1.807) is 11.4 Å². The largest absolute Gasteiger partial charge is 0.573 e. The van der Waals surface area contributed by atoms with Crippen LogP contribution < -0.4 is 14.2 Å². The van der Waals surface area contributed by atoms with Gasteiger partial charge in [0.15, 0.2) is 5.75 Å². The van der Waals surface area contributed by atoms with Gasteiger partial charge in [-0.25, -0.2) is 4.79 Å². The number of halogens is 3. The number of thiophene rings is 1. The predicted molar refractivity (Wildman–Crippen MR) is 146 cm³/mol. The number of ether oxygens (including phenoxy) is 3. The van der Waals surface area contributed by atoms with Crippen molar-refractivity contribution in [3.05, 3.63) is 82.9 Å². The molecule has 1 saturated carbocycles.